The summed E-state index contributed by atoms with van der Waals surface area (Å²) in [7, 11) is 0. The van der Waals surface area contributed by atoms with E-state index in [-0.39, 0.29) is 0 Å². The van der Waals surface area contributed by atoms with Crippen LogP contribution in [0.25, 0.3) is 0 Å². The Morgan fingerprint density at radius 1 is 1.14 bits per heavy atom. The second kappa shape index (κ2) is 7.36. The molecule has 0 aliphatic heterocycles. The fraction of sp³-hybridized carbons (Fsp3) is 0.278. The van der Waals surface area contributed by atoms with E-state index in [1.165, 1.54) is 0 Å². The predicted octanol–water partition coefficient (Wildman–Crippen LogP) is 3.51. The number of primary amides is 1. The van der Waals surface area contributed by atoms with E-state index in [9.17, 15) is 4.79 Å². The third kappa shape index (κ3) is 3.63. The predicted molar refractivity (Wildman–Crippen MR) is 92.1 cm³/mol. The van der Waals surface area contributed by atoms with E-state index in [1.807, 2.05) is 67.8 Å². The fourth-order valence-corrected chi connectivity index (χ4v) is 2.82. The summed E-state index contributed by atoms with van der Waals surface area (Å²) in [6, 6.07) is 17.1. The molecule has 116 valence electrons. The zero-order valence-electron chi connectivity index (χ0n) is 12.9. The standard InChI is InChI=1S/C18H21NO2S/c1-14-8-10-16(11-9-14)21-18(17(19)20,12-13-22-2)15-6-4-3-5-7-15/h3-11H,12-13H2,1-2H3,(H2,19,20). The molecule has 0 heterocycles. The average Bonchev–Trinajstić information content (AvgIpc) is 2.54. The molecule has 4 heteroatoms. The molecule has 0 aliphatic carbocycles. The van der Waals surface area contributed by atoms with Crippen molar-refractivity contribution in [2.45, 2.75) is 18.9 Å². The fourth-order valence-electron chi connectivity index (χ4n) is 2.33. The monoisotopic (exact) mass is 315 g/mol. The van der Waals surface area contributed by atoms with Gasteiger partial charge < -0.3 is 10.5 Å². The van der Waals surface area contributed by atoms with Gasteiger partial charge in [-0.3, -0.25) is 4.79 Å². The van der Waals surface area contributed by atoms with Crippen molar-refractivity contribution in [2.75, 3.05) is 12.0 Å². The highest BCUT2D eigenvalue weighted by Gasteiger charge is 2.40. The summed E-state index contributed by atoms with van der Waals surface area (Å²) >= 11 is 1.67. The lowest BCUT2D eigenvalue weighted by molar-refractivity contribution is -0.134. The van der Waals surface area contributed by atoms with E-state index in [0.717, 1.165) is 16.9 Å². The van der Waals surface area contributed by atoms with E-state index in [2.05, 4.69) is 0 Å². The molecule has 2 aromatic rings. The van der Waals surface area contributed by atoms with Crippen molar-refractivity contribution >= 4 is 17.7 Å². The number of nitrogens with two attached hydrogens (primary N) is 1. The Morgan fingerprint density at radius 2 is 1.77 bits per heavy atom. The second-order valence-corrected chi connectivity index (χ2v) is 6.20. The molecular formula is C18H21NO2S. The van der Waals surface area contributed by atoms with E-state index in [4.69, 9.17) is 10.5 Å². The first-order chi connectivity index (χ1) is 10.6. The summed E-state index contributed by atoms with van der Waals surface area (Å²) < 4.78 is 6.12. The molecule has 2 N–H and O–H groups in total. The number of hydrogen-bond acceptors (Lipinski definition) is 3. The van der Waals surface area contributed by atoms with Gasteiger partial charge in [0.1, 0.15) is 5.75 Å². The van der Waals surface area contributed by atoms with Crippen molar-refractivity contribution in [3.63, 3.8) is 0 Å². The first kappa shape index (κ1) is 16.4. The highest BCUT2D eigenvalue weighted by atomic mass is 32.2. The smallest absolute Gasteiger partial charge is 0.266 e. The van der Waals surface area contributed by atoms with Crippen LogP contribution in [0.3, 0.4) is 0 Å². The minimum atomic E-state index is -1.14. The summed E-state index contributed by atoms with van der Waals surface area (Å²) in [5, 5.41) is 0. The van der Waals surface area contributed by atoms with Gasteiger partial charge in [-0.05, 0) is 31.1 Å². The lowest BCUT2D eigenvalue weighted by Gasteiger charge is -2.32. The number of amides is 1. The van der Waals surface area contributed by atoms with Crippen LogP contribution in [0.15, 0.2) is 54.6 Å². The number of aryl methyl sites for hydroxylation is 1. The van der Waals surface area contributed by atoms with Crippen LogP contribution >= 0.6 is 11.8 Å². The van der Waals surface area contributed by atoms with Crippen molar-refractivity contribution in [1.29, 1.82) is 0 Å². The Morgan fingerprint density at radius 3 is 2.32 bits per heavy atom. The highest BCUT2D eigenvalue weighted by molar-refractivity contribution is 7.98. The molecule has 0 fully saturated rings. The van der Waals surface area contributed by atoms with Crippen LogP contribution in [0.1, 0.15) is 17.5 Å². The lowest BCUT2D eigenvalue weighted by Crippen LogP contribution is -2.46. The Balaban J connectivity index is 2.43. The normalized spacial score (nSPS) is 13.4. The van der Waals surface area contributed by atoms with Gasteiger partial charge in [-0.15, -0.1) is 0 Å². The zero-order valence-corrected chi connectivity index (χ0v) is 13.7. The van der Waals surface area contributed by atoms with Crippen LogP contribution in [0.2, 0.25) is 0 Å². The molecule has 0 aromatic heterocycles. The molecular weight excluding hydrogens is 294 g/mol. The summed E-state index contributed by atoms with van der Waals surface area (Å²) in [5.74, 6) is 0.964. The van der Waals surface area contributed by atoms with Crippen LogP contribution in [0, 0.1) is 6.92 Å². The Hall–Kier alpha value is -1.94. The molecule has 0 saturated heterocycles. The van der Waals surface area contributed by atoms with Crippen molar-refractivity contribution in [3.8, 4) is 5.75 Å². The van der Waals surface area contributed by atoms with Crippen molar-refractivity contribution in [2.24, 2.45) is 5.73 Å². The molecule has 1 atom stereocenters. The maximum absolute atomic E-state index is 12.3. The SMILES string of the molecule is CSCCC(Oc1ccc(C)cc1)(C(N)=O)c1ccccc1. The Bertz CT molecular complexity index is 613. The van der Waals surface area contributed by atoms with Gasteiger partial charge in [-0.25, -0.2) is 0 Å². The molecule has 0 spiro atoms. The largest absolute Gasteiger partial charge is 0.473 e. The maximum atomic E-state index is 12.3. The first-order valence-corrected chi connectivity index (χ1v) is 8.58. The number of carbonyl (C=O) groups excluding carboxylic acids is 1. The van der Waals surface area contributed by atoms with Crippen LogP contribution < -0.4 is 10.5 Å². The maximum Gasteiger partial charge on any atom is 0.266 e. The minimum Gasteiger partial charge on any atom is -0.473 e. The molecule has 0 radical (unpaired) electrons. The number of ether oxygens (including phenoxy) is 1. The van der Waals surface area contributed by atoms with Crippen molar-refractivity contribution < 1.29 is 9.53 Å². The summed E-state index contributed by atoms with van der Waals surface area (Å²) in [6.45, 7) is 2.01. The van der Waals surface area contributed by atoms with Crippen LogP contribution in [0.5, 0.6) is 5.75 Å². The molecule has 3 nitrogen and oxygen atoms in total. The number of carbonyl (C=O) groups is 1. The molecule has 0 bridgehead atoms. The van der Waals surface area contributed by atoms with Gasteiger partial charge in [0, 0.05) is 12.0 Å². The van der Waals surface area contributed by atoms with Crippen molar-refractivity contribution in [1.82, 2.24) is 0 Å². The zero-order chi connectivity index (χ0) is 16.0. The van der Waals surface area contributed by atoms with Gasteiger partial charge in [0.25, 0.3) is 5.91 Å². The van der Waals surface area contributed by atoms with Crippen LogP contribution in [0.4, 0.5) is 0 Å². The van der Waals surface area contributed by atoms with Gasteiger partial charge in [0.2, 0.25) is 5.60 Å². The molecule has 22 heavy (non-hydrogen) atoms. The number of hydrogen-bond donors (Lipinski definition) is 1. The Kier molecular flexibility index (Phi) is 5.50. The second-order valence-electron chi connectivity index (χ2n) is 5.22. The first-order valence-electron chi connectivity index (χ1n) is 7.18. The van der Waals surface area contributed by atoms with Crippen LogP contribution in [-0.4, -0.2) is 17.9 Å². The summed E-state index contributed by atoms with van der Waals surface area (Å²) in [4.78, 5) is 12.3. The van der Waals surface area contributed by atoms with Gasteiger partial charge in [0.05, 0.1) is 0 Å². The van der Waals surface area contributed by atoms with Gasteiger partial charge in [0.15, 0.2) is 0 Å². The molecule has 2 rings (SSSR count). The number of benzene rings is 2. The molecule has 1 unspecified atom stereocenters. The van der Waals surface area contributed by atoms with Gasteiger partial charge in [-0.2, -0.15) is 11.8 Å². The van der Waals surface area contributed by atoms with Crippen LogP contribution in [-0.2, 0) is 10.4 Å². The molecule has 1 amide bonds. The van der Waals surface area contributed by atoms with E-state index in [1.54, 1.807) is 11.8 Å². The minimum absolute atomic E-state index is 0.465. The highest BCUT2D eigenvalue weighted by Crippen LogP contribution is 2.32. The van der Waals surface area contributed by atoms with E-state index in [0.29, 0.717) is 12.2 Å². The quantitative estimate of drug-likeness (QED) is 0.850. The average molecular weight is 315 g/mol. The van der Waals surface area contributed by atoms with E-state index >= 15 is 0 Å². The number of thioether (sulfide) groups is 1. The third-order valence-corrected chi connectivity index (χ3v) is 4.22. The third-order valence-electron chi connectivity index (χ3n) is 3.61. The van der Waals surface area contributed by atoms with Gasteiger partial charge >= 0.3 is 0 Å². The van der Waals surface area contributed by atoms with Gasteiger partial charge in [-0.1, -0.05) is 48.0 Å². The lowest BCUT2D eigenvalue weighted by atomic mass is 9.90. The topological polar surface area (TPSA) is 52.3 Å². The summed E-state index contributed by atoms with van der Waals surface area (Å²) in [6.07, 6.45) is 2.53. The van der Waals surface area contributed by atoms with Crippen molar-refractivity contribution in [3.05, 3.63) is 65.7 Å². The Labute approximate surface area is 135 Å². The number of rotatable bonds is 7. The molecule has 2 aromatic carbocycles. The molecule has 0 saturated carbocycles. The van der Waals surface area contributed by atoms with E-state index < -0.39 is 11.5 Å². The molecule has 0 aliphatic rings. The summed E-state index contributed by atoms with van der Waals surface area (Å²) in [5.41, 5.74) is 6.54.